The van der Waals surface area contributed by atoms with Crippen LogP contribution in [0.4, 0.5) is 5.82 Å². The Hall–Kier alpha value is -2.54. The first-order valence-electron chi connectivity index (χ1n) is 7.09. The molecule has 3 heterocycles. The fourth-order valence-electron chi connectivity index (χ4n) is 2.45. The minimum Gasteiger partial charge on any atom is -0.372 e. The Morgan fingerprint density at radius 3 is 2.82 bits per heavy atom. The molecular formula is C15H17N5O2. The number of ether oxygens (including phenoxy) is 1. The van der Waals surface area contributed by atoms with Crippen molar-refractivity contribution in [2.75, 3.05) is 32.1 Å². The van der Waals surface area contributed by atoms with Crippen LogP contribution in [0.1, 0.15) is 22.2 Å². The molecule has 1 amide bonds. The summed E-state index contributed by atoms with van der Waals surface area (Å²) in [5.41, 5.74) is 1.35. The molecule has 0 bridgehead atoms. The molecule has 1 N–H and O–H groups in total. The van der Waals surface area contributed by atoms with E-state index in [4.69, 9.17) is 4.74 Å². The van der Waals surface area contributed by atoms with E-state index in [-0.39, 0.29) is 12.0 Å². The van der Waals surface area contributed by atoms with Gasteiger partial charge >= 0.3 is 0 Å². The summed E-state index contributed by atoms with van der Waals surface area (Å²) >= 11 is 0. The van der Waals surface area contributed by atoms with Crippen molar-refractivity contribution in [1.82, 2.24) is 19.9 Å². The number of nitrogens with one attached hydrogen (secondary N) is 1. The van der Waals surface area contributed by atoms with Gasteiger partial charge in [-0.15, -0.1) is 0 Å². The number of rotatable bonds is 3. The number of aromatic nitrogens is 3. The third-order valence-electron chi connectivity index (χ3n) is 3.55. The number of pyridine rings is 1. The van der Waals surface area contributed by atoms with E-state index in [1.54, 1.807) is 48.9 Å². The van der Waals surface area contributed by atoms with Gasteiger partial charge in [0.1, 0.15) is 17.6 Å². The minimum atomic E-state index is -0.282. The van der Waals surface area contributed by atoms with Crippen LogP contribution in [-0.2, 0) is 4.74 Å². The molecule has 7 heteroatoms. The van der Waals surface area contributed by atoms with Gasteiger partial charge in [0, 0.05) is 43.9 Å². The fourth-order valence-corrected chi connectivity index (χ4v) is 2.45. The molecule has 0 aliphatic carbocycles. The number of hydrogen-bond acceptors (Lipinski definition) is 6. The minimum absolute atomic E-state index is 0.0226. The molecule has 1 fully saturated rings. The SMILES string of the molecule is CNc1nccnc1C1CN(C(=O)c2ccncc2)CCO1. The van der Waals surface area contributed by atoms with Gasteiger partial charge in [0.2, 0.25) is 0 Å². The number of anilines is 1. The second-order valence-electron chi connectivity index (χ2n) is 4.89. The monoisotopic (exact) mass is 299 g/mol. The van der Waals surface area contributed by atoms with Crippen molar-refractivity contribution < 1.29 is 9.53 Å². The summed E-state index contributed by atoms with van der Waals surface area (Å²) < 4.78 is 5.77. The summed E-state index contributed by atoms with van der Waals surface area (Å²) in [4.78, 5) is 26.8. The highest BCUT2D eigenvalue weighted by atomic mass is 16.5. The molecular weight excluding hydrogens is 282 g/mol. The van der Waals surface area contributed by atoms with Crippen LogP contribution in [-0.4, -0.2) is 52.5 Å². The molecule has 1 saturated heterocycles. The van der Waals surface area contributed by atoms with Crippen LogP contribution < -0.4 is 5.32 Å². The summed E-state index contributed by atoms with van der Waals surface area (Å²) in [6.07, 6.45) is 6.21. The average molecular weight is 299 g/mol. The normalized spacial score (nSPS) is 18.0. The van der Waals surface area contributed by atoms with E-state index < -0.39 is 0 Å². The lowest BCUT2D eigenvalue weighted by molar-refractivity contribution is -0.0245. The smallest absolute Gasteiger partial charge is 0.254 e. The van der Waals surface area contributed by atoms with Gasteiger partial charge in [-0.25, -0.2) is 4.98 Å². The first kappa shape index (κ1) is 14.4. The topological polar surface area (TPSA) is 80.2 Å². The molecule has 1 atom stereocenters. The second kappa shape index (κ2) is 6.48. The molecule has 7 nitrogen and oxygen atoms in total. The highest BCUT2D eigenvalue weighted by Crippen LogP contribution is 2.25. The standard InChI is InChI=1S/C15H17N5O2/c1-16-14-13(18-6-7-19-14)12-10-20(8-9-22-12)15(21)11-2-4-17-5-3-11/h2-7,12H,8-10H2,1H3,(H,16,19). The molecule has 0 radical (unpaired) electrons. The lowest BCUT2D eigenvalue weighted by atomic mass is 10.1. The number of nitrogens with zero attached hydrogens (tertiary/aromatic N) is 4. The molecule has 1 aliphatic rings. The van der Waals surface area contributed by atoms with Gasteiger partial charge in [-0.2, -0.15) is 0 Å². The number of carbonyl (C=O) groups excluding carboxylic acids is 1. The van der Waals surface area contributed by atoms with E-state index in [0.29, 0.717) is 31.1 Å². The molecule has 2 aromatic heterocycles. The number of hydrogen-bond donors (Lipinski definition) is 1. The summed E-state index contributed by atoms with van der Waals surface area (Å²) in [5.74, 6) is 0.649. The van der Waals surface area contributed by atoms with Crippen molar-refractivity contribution in [2.24, 2.45) is 0 Å². The van der Waals surface area contributed by atoms with Crippen molar-refractivity contribution in [3.8, 4) is 0 Å². The molecule has 22 heavy (non-hydrogen) atoms. The van der Waals surface area contributed by atoms with Crippen molar-refractivity contribution in [3.63, 3.8) is 0 Å². The van der Waals surface area contributed by atoms with E-state index in [9.17, 15) is 4.79 Å². The van der Waals surface area contributed by atoms with Crippen LogP contribution in [0.3, 0.4) is 0 Å². The molecule has 3 rings (SSSR count). The Morgan fingerprint density at radius 2 is 2.05 bits per heavy atom. The van der Waals surface area contributed by atoms with Gasteiger partial charge in [0.05, 0.1) is 13.2 Å². The van der Waals surface area contributed by atoms with Gasteiger partial charge in [-0.1, -0.05) is 0 Å². The third kappa shape index (κ3) is 2.89. The third-order valence-corrected chi connectivity index (χ3v) is 3.55. The predicted molar refractivity (Wildman–Crippen MR) is 80.4 cm³/mol. The molecule has 0 spiro atoms. The van der Waals surface area contributed by atoms with Crippen LogP contribution in [0, 0.1) is 0 Å². The Bertz CT molecular complexity index is 649. The quantitative estimate of drug-likeness (QED) is 0.915. The maximum absolute atomic E-state index is 12.5. The van der Waals surface area contributed by atoms with Gasteiger partial charge in [0.15, 0.2) is 0 Å². The molecule has 0 aromatic carbocycles. The van der Waals surface area contributed by atoms with Crippen LogP contribution in [0.2, 0.25) is 0 Å². The highest BCUT2D eigenvalue weighted by molar-refractivity contribution is 5.94. The summed E-state index contributed by atoms with van der Waals surface area (Å²) in [7, 11) is 1.79. The largest absolute Gasteiger partial charge is 0.372 e. The highest BCUT2D eigenvalue weighted by Gasteiger charge is 2.28. The van der Waals surface area contributed by atoms with Gasteiger partial charge in [-0.3, -0.25) is 14.8 Å². The summed E-state index contributed by atoms with van der Waals surface area (Å²) in [5, 5.41) is 3.00. The first-order chi connectivity index (χ1) is 10.8. The van der Waals surface area contributed by atoms with Crippen LogP contribution in [0.15, 0.2) is 36.9 Å². The molecule has 1 unspecified atom stereocenters. The Kier molecular flexibility index (Phi) is 4.24. The molecule has 0 saturated carbocycles. The van der Waals surface area contributed by atoms with E-state index in [2.05, 4.69) is 20.3 Å². The molecule has 2 aromatic rings. The predicted octanol–water partition coefficient (Wildman–Crippen LogP) is 1.13. The maximum atomic E-state index is 12.5. The number of amides is 1. The van der Waals surface area contributed by atoms with E-state index in [1.165, 1.54) is 0 Å². The Morgan fingerprint density at radius 1 is 1.27 bits per heavy atom. The van der Waals surface area contributed by atoms with Gasteiger partial charge < -0.3 is 15.0 Å². The van der Waals surface area contributed by atoms with E-state index >= 15 is 0 Å². The fraction of sp³-hybridized carbons (Fsp3) is 0.333. The Balaban J connectivity index is 1.78. The van der Waals surface area contributed by atoms with Crippen molar-refractivity contribution in [2.45, 2.75) is 6.10 Å². The first-order valence-corrected chi connectivity index (χ1v) is 7.09. The zero-order valence-electron chi connectivity index (χ0n) is 12.3. The van der Waals surface area contributed by atoms with Gasteiger partial charge in [-0.05, 0) is 12.1 Å². The average Bonchev–Trinajstić information content (AvgIpc) is 2.62. The van der Waals surface area contributed by atoms with Crippen molar-refractivity contribution in [3.05, 3.63) is 48.2 Å². The van der Waals surface area contributed by atoms with Gasteiger partial charge in [0.25, 0.3) is 5.91 Å². The zero-order chi connectivity index (χ0) is 15.4. The van der Waals surface area contributed by atoms with Crippen molar-refractivity contribution in [1.29, 1.82) is 0 Å². The van der Waals surface area contributed by atoms with E-state index in [1.807, 2.05) is 0 Å². The lowest BCUT2D eigenvalue weighted by Crippen LogP contribution is -2.42. The summed E-state index contributed by atoms with van der Waals surface area (Å²) in [6.45, 7) is 1.49. The van der Waals surface area contributed by atoms with Crippen LogP contribution in [0.25, 0.3) is 0 Å². The lowest BCUT2D eigenvalue weighted by Gasteiger charge is -2.33. The number of carbonyl (C=O) groups is 1. The molecule has 114 valence electrons. The van der Waals surface area contributed by atoms with E-state index in [0.717, 1.165) is 5.69 Å². The number of morpholine rings is 1. The van der Waals surface area contributed by atoms with Crippen LogP contribution >= 0.6 is 0 Å². The second-order valence-corrected chi connectivity index (χ2v) is 4.89. The van der Waals surface area contributed by atoms with Crippen LogP contribution in [0.5, 0.6) is 0 Å². The Labute approximate surface area is 128 Å². The van der Waals surface area contributed by atoms with Crippen molar-refractivity contribution >= 4 is 11.7 Å². The molecule has 1 aliphatic heterocycles. The zero-order valence-corrected chi connectivity index (χ0v) is 12.3. The maximum Gasteiger partial charge on any atom is 0.254 e. The summed E-state index contributed by atoms with van der Waals surface area (Å²) in [6, 6.07) is 3.43.